The molecule has 5 heteroatoms. The first-order valence-corrected chi connectivity index (χ1v) is 5.91. The van der Waals surface area contributed by atoms with E-state index in [4.69, 9.17) is 0 Å². The lowest BCUT2D eigenvalue weighted by atomic mass is 10.0. The lowest BCUT2D eigenvalue weighted by Crippen LogP contribution is -2.08. The zero-order valence-electron chi connectivity index (χ0n) is 9.38. The van der Waals surface area contributed by atoms with E-state index in [1.165, 1.54) is 18.3 Å². The van der Waals surface area contributed by atoms with Crippen LogP contribution in [0.1, 0.15) is 21.6 Å². The van der Waals surface area contributed by atoms with E-state index in [2.05, 4.69) is 20.9 Å². The van der Waals surface area contributed by atoms with Crippen LogP contribution in [0.25, 0.3) is 0 Å². The highest BCUT2D eigenvalue weighted by atomic mass is 79.9. The van der Waals surface area contributed by atoms with Crippen LogP contribution in [0.4, 0.5) is 8.78 Å². The summed E-state index contributed by atoms with van der Waals surface area (Å²) in [7, 11) is 0. The molecule has 0 saturated carbocycles. The molecule has 0 N–H and O–H groups in total. The van der Waals surface area contributed by atoms with E-state index >= 15 is 0 Å². The minimum Gasteiger partial charge on any atom is -0.288 e. The van der Waals surface area contributed by atoms with Crippen molar-refractivity contribution in [3.8, 4) is 0 Å². The van der Waals surface area contributed by atoms with Gasteiger partial charge in [-0.25, -0.2) is 8.78 Å². The lowest BCUT2D eigenvalue weighted by Gasteiger charge is -2.05. The molecule has 0 amide bonds. The molecule has 0 spiro atoms. The van der Waals surface area contributed by atoms with E-state index in [1.807, 2.05) is 0 Å². The van der Waals surface area contributed by atoms with Crippen molar-refractivity contribution in [3.63, 3.8) is 0 Å². The number of benzene rings is 1. The van der Waals surface area contributed by atoms with Crippen LogP contribution in [-0.2, 0) is 0 Å². The second-order valence-corrected chi connectivity index (χ2v) is 4.59. The molecule has 2 rings (SSSR count). The zero-order chi connectivity index (χ0) is 13.3. The van der Waals surface area contributed by atoms with Crippen LogP contribution in [0.3, 0.4) is 0 Å². The van der Waals surface area contributed by atoms with Gasteiger partial charge in [0.05, 0.1) is 10.0 Å². The number of halogens is 3. The summed E-state index contributed by atoms with van der Waals surface area (Å²) in [6, 6.07) is 5.36. The highest BCUT2D eigenvalue weighted by molar-refractivity contribution is 9.10. The summed E-state index contributed by atoms with van der Waals surface area (Å²) in [5.74, 6) is -2.51. The Labute approximate surface area is 111 Å². The number of ketones is 1. The number of carbonyl (C=O) groups is 1. The van der Waals surface area contributed by atoms with Gasteiger partial charge >= 0.3 is 0 Å². The summed E-state index contributed by atoms with van der Waals surface area (Å²) in [5, 5.41) is 0. The molecule has 2 aromatic rings. The number of hydrogen-bond acceptors (Lipinski definition) is 2. The Morgan fingerprint density at radius 3 is 2.56 bits per heavy atom. The van der Waals surface area contributed by atoms with Crippen LogP contribution in [0.2, 0.25) is 0 Å². The van der Waals surface area contributed by atoms with Crippen molar-refractivity contribution in [3.05, 3.63) is 63.4 Å². The van der Waals surface area contributed by atoms with Crippen molar-refractivity contribution in [2.24, 2.45) is 0 Å². The molecular weight excluding hydrogens is 304 g/mol. The first-order chi connectivity index (χ1) is 8.50. The van der Waals surface area contributed by atoms with Crippen LogP contribution in [-0.4, -0.2) is 10.8 Å². The number of pyridine rings is 1. The third kappa shape index (κ3) is 2.31. The molecule has 1 aromatic carbocycles. The average Bonchev–Trinajstić information content (AvgIpc) is 2.35. The van der Waals surface area contributed by atoms with Gasteiger partial charge in [-0.05, 0) is 47.1 Å². The maximum atomic E-state index is 13.7. The largest absolute Gasteiger partial charge is 0.288 e. The molecule has 0 aliphatic rings. The molecule has 18 heavy (non-hydrogen) atoms. The highest BCUT2D eigenvalue weighted by Gasteiger charge is 2.21. The number of nitrogens with zero attached hydrogens (tertiary/aromatic N) is 1. The fourth-order valence-electron chi connectivity index (χ4n) is 1.48. The minimum atomic E-state index is -0.902. The molecule has 0 unspecified atom stereocenters. The Morgan fingerprint density at radius 1 is 1.22 bits per heavy atom. The molecule has 0 fully saturated rings. The van der Waals surface area contributed by atoms with E-state index in [9.17, 15) is 13.6 Å². The summed E-state index contributed by atoms with van der Waals surface area (Å²) < 4.78 is 27.3. The van der Waals surface area contributed by atoms with Crippen molar-refractivity contribution in [1.82, 2.24) is 4.98 Å². The molecule has 0 saturated heterocycles. The summed E-state index contributed by atoms with van der Waals surface area (Å²) in [6.45, 7) is 1.76. The quantitative estimate of drug-likeness (QED) is 0.626. The van der Waals surface area contributed by atoms with Gasteiger partial charge < -0.3 is 0 Å². The topological polar surface area (TPSA) is 30.0 Å². The summed E-state index contributed by atoms with van der Waals surface area (Å²) >= 11 is 2.92. The van der Waals surface area contributed by atoms with Crippen molar-refractivity contribution in [2.45, 2.75) is 6.92 Å². The van der Waals surface area contributed by atoms with Gasteiger partial charge in [-0.1, -0.05) is 0 Å². The summed E-state index contributed by atoms with van der Waals surface area (Å²) in [5.41, 5.74) is 0.299. The van der Waals surface area contributed by atoms with Gasteiger partial charge in [0.1, 0.15) is 5.82 Å². The Balaban J connectivity index is 2.52. The van der Waals surface area contributed by atoms with Crippen LogP contribution in [0, 0.1) is 18.6 Å². The molecule has 0 atom stereocenters. The monoisotopic (exact) mass is 311 g/mol. The van der Waals surface area contributed by atoms with Crippen LogP contribution in [0.15, 0.2) is 34.9 Å². The number of carbonyl (C=O) groups excluding carboxylic acids is 1. The average molecular weight is 312 g/mol. The van der Waals surface area contributed by atoms with E-state index in [-0.39, 0.29) is 10.0 Å². The Hall–Kier alpha value is -1.62. The third-order valence-electron chi connectivity index (χ3n) is 2.44. The van der Waals surface area contributed by atoms with Gasteiger partial charge in [0, 0.05) is 17.5 Å². The predicted molar refractivity (Wildman–Crippen MR) is 66.5 cm³/mol. The van der Waals surface area contributed by atoms with Gasteiger partial charge in [-0.3, -0.25) is 9.78 Å². The molecule has 92 valence electrons. The number of aryl methyl sites for hydroxylation is 1. The maximum Gasteiger partial charge on any atom is 0.200 e. The van der Waals surface area contributed by atoms with E-state index in [0.717, 1.165) is 11.8 Å². The Kier molecular flexibility index (Phi) is 3.52. The van der Waals surface area contributed by atoms with Crippen molar-refractivity contribution in [1.29, 1.82) is 0 Å². The van der Waals surface area contributed by atoms with E-state index in [0.29, 0.717) is 0 Å². The molecule has 0 aliphatic heterocycles. The van der Waals surface area contributed by atoms with Crippen molar-refractivity contribution < 1.29 is 13.6 Å². The molecule has 0 radical (unpaired) electrons. The first kappa shape index (κ1) is 12.8. The van der Waals surface area contributed by atoms with Gasteiger partial charge in [0.15, 0.2) is 5.82 Å². The molecule has 0 bridgehead atoms. The summed E-state index contributed by atoms with van der Waals surface area (Å²) in [6.07, 6.45) is 1.30. The van der Waals surface area contributed by atoms with Gasteiger partial charge in [0.25, 0.3) is 0 Å². The van der Waals surface area contributed by atoms with Crippen LogP contribution in [0.5, 0.6) is 0 Å². The predicted octanol–water partition coefficient (Wildman–Crippen LogP) is 3.66. The summed E-state index contributed by atoms with van der Waals surface area (Å²) in [4.78, 5) is 15.9. The fraction of sp³-hybridized carbons (Fsp3) is 0.0769. The number of hydrogen-bond donors (Lipinski definition) is 0. The molecule has 1 aromatic heterocycles. The Bertz CT molecular complexity index is 611. The number of aromatic nitrogens is 1. The number of rotatable bonds is 2. The second kappa shape index (κ2) is 4.94. The zero-order valence-corrected chi connectivity index (χ0v) is 11.0. The molecule has 1 heterocycles. The fourth-order valence-corrected chi connectivity index (χ4v) is 1.81. The maximum absolute atomic E-state index is 13.7. The lowest BCUT2D eigenvalue weighted by molar-refractivity contribution is 0.103. The smallest absolute Gasteiger partial charge is 0.200 e. The molecular formula is C13H8BrF2NO. The van der Waals surface area contributed by atoms with Crippen molar-refractivity contribution in [2.75, 3.05) is 0 Å². The van der Waals surface area contributed by atoms with Gasteiger partial charge in [-0.15, -0.1) is 0 Å². The van der Waals surface area contributed by atoms with E-state index < -0.39 is 23.0 Å². The highest BCUT2D eigenvalue weighted by Crippen LogP contribution is 2.23. The first-order valence-electron chi connectivity index (χ1n) is 5.11. The van der Waals surface area contributed by atoms with E-state index in [1.54, 1.807) is 13.0 Å². The molecule has 2 nitrogen and oxygen atoms in total. The Morgan fingerprint density at radius 2 is 1.94 bits per heavy atom. The van der Waals surface area contributed by atoms with Crippen LogP contribution < -0.4 is 0 Å². The van der Waals surface area contributed by atoms with Crippen molar-refractivity contribution >= 4 is 21.7 Å². The van der Waals surface area contributed by atoms with Gasteiger partial charge in [0.2, 0.25) is 5.78 Å². The van der Waals surface area contributed by atoms with Gasteiger partial charge in [-0.2, -0.15) is 0 Å². The third-order valence-corrected chi connectivity index (χ3v) is 3.06. The SMILES string of the molecule is Cc1ccc(C(=O)c2c(F)ccc(Br)c2F)cn1. The normalized spacial score (nSPS) is 10.4. The van der Waals surface area contributed by atoms with Crippen LogP contribution >= 0.6 is 15.9 Å². The minimum absolute atomic E-state index is 0.0484. The second-order valence-electron chi connectivity index (χ2n) is 3.74. The standard InChI is InChI=1S/C13H8BrF2NO/c1-7-2-3-8(6-17-7)13(18)11-10(15)5-4-9(14)12(11)16/h2-6H,1H3. The molecule has 0 aliphatic carbocycles.